The Kier molecular flexibility index (Phi) is 4.21. The highest BCUT2D eigenvalue weighted by Gasteiger charge is 2.13. The van der Waals surface area contributed by atoms with E-state index in [4.69, 9.17) is 0 Å². The smallest absolute Gasteiger partial charge is 0.315 e. The average Bonchev–Trinajstić information content (AvgIpc) is 2.02. The third kappa shape index (κ3) is 3.57. The van der Waals surface area contributed by atoms with Crippen molar-refractivity contribution in [3.63, 3.8) is 0 Å². The molecule has 5 heteroatoms. The summed E-state index contributed by atoms with van der Waals surface area (Å²) in [5.74, 6) is -1.00. The highest BCUT2D eigenvalue weighted by atomic mass is 16.7. The first-order valence-electron chi connectivity index (χ1n) is 2.99. The van der Waals surface area contributed by atoms with E-state index < -0.39 is 11.9 Å². The lowest BCUT2D eigenvalue weighted by atomic mass is 10.4. The van der Waals surface area contributed by atoms with Crippen molar-refractivity contribution in [3.05, 3.63) is 0 Å². The van der Waals surface area contributed by atoms with Gasteiger partial charge in [0.15, 0.2) is 0 Å². The molecule has 0 spiro atoms. The number of rotatable bonds is 3. The Morgan fingerprint density at radius 2 is 1.91 bits per heavy atom. The van der Waals surface area contributed by atoms with Crippen LogP contribution in [0.1, 0.15) is 6.42 Å². The summed E-state index contributed by atoms with van der Waals surface area (Å²) in [4.78, 5) is 25.9. The topological polar surface area (TPSA) is 55.8 Å². The lowest BCUT2D eigenvalue weighted by Crippen LogP contribution is -2.27. The van der Waals surface area contributed by atoms with Gasteiger partial charge < -0.3 is 4.74 Å². The van der Waals surface area contributed by atoms with Gasteiger partial charge in [-0.3, -0.25) is 14.4 Å². The zero-order valence-electron chi connectivity index (χ0n) is 6.79. The van der Waals surface area contributed by atoms with Gasteiger partial charge in [0.1, 0.15) is 6.42 Å². The molecule has 0 fully saturated rings. The number of amides is 1. The van der Waals surface area contributed by atoms with Gasteiger partial charge in [-0.2, -0.15) is 0 Å². The third-order valence-electron chi connectivity index (χ3n) is 1.15. The second-order valence-corrected chi connectivity index (χ2v) is 1.83. The van der Waals surface area contributed by atoms with Crippen LogP contribution < -0.4 is 0 Å². The average molecular weight is 161 g/mol. The first-order valence-corrected chi connectivity index (χ1v) is 2.99. The van der Waals surface area contributed by atoms with Crippen LogP contribution in [0.3, 0.4) is 0 Å². The molecule has 0 aromatic rings. The van der Waals surface area contributed by atoms with Crippen molar-refractivity contribution in [3.8, 4) is 0 Å². The Bertz CT molecular complexity index is 157. The zero-order chi connectivity index (χ0) is 8.85. The molecule has 0 aliphatic heterocycles. The summed E-state index contributed by atoms with van der Waals surface area (Å²) < 4.78 is 4.27. The largest absolute Gasteiger partial charge is 0.469 e. The summed E-state index contributed by atoms with van der Waals surface area (Å²) >= 11 is 0. The summed E-state index contributed by atoms with van der Waals surface area (Å²) in [6.45, 7) is 0. The second-order valence-electron chi connectivity index (χ2n) is 1.83. The molecule has 0 bridgehead atoms. The van der Waals surface area contributed by atoms with Gasteiger partial charge >= 0.3 is 5.97 Å². The van der Waals surface area contributed by atoms with Gasteiger partial charge in [-0.25, -0.2) is 5.06 Å². The van der Waals surface area contributed by atoms with E-state index in [-0.39, 0.29) is 6.42 Å². The fraction of sp³-hybridized carbons (Fsp3) is 0.667. The van der Waals surface area contributed by atoms with Crippen LogP contribution in [0.2, 0.25) is 0 Å². The number of hydrogen-bond acceptors (Lipinski definition) is 4. The molecular formula is C6H11NO4. The van der Waals surface area contributed by atoms with Crippen molar-refractivity contribution in [1.29, 1.82) is 0 Å². The zero-order valence-corrected chi connectivity index (χ0v) is 6.79. The van der Waals surface area contributed by atoms with E-state index in [1.165, 1.54) is 21.3 Å². The molecule has 0 heterocycles. The third-order valence-corrected chi connectivity index (χ3v) is 1.15. The predicted octanol–water partition coefficient (Wildman–Crippen LogP) is -0.431. The summed E-state index contributed by atoms with van der Waals surface area (Å²) in [6.07, 6.45) is -0.291. The number of hydrogen-bond donors (Lipinski definition) is 0. The Morgan fingerprint density at radius 1 is 1.36 bits per heavy atom. The van der Waals surface area contributed by atoms with Crippen LogP contribution in [0.5, 0.6) is 0 Å². The fourth-order valence-corrected chi connectivity index (χ4v) is 0.409. The Balaban J connectivity index is 3.77. The lowest BCUT2D eigenvalue weighted by molar-refractivity contribution is -0.172. The number of methoxy groups -OCH3 is 1. The van der Waals surface area contributed by atoms with Gasteiger partial charge in [-0.05, 0) is 0 Å². The molecule has 64 valence electrons. The number of carbonyl (C=O) groups excluding carboxylic acids is 2. The Labute approximate surface area is 64.8 Å². The van der Waals surface area contributed by atoms with Crippen LogP contribution in [-0.4, -0.2) is 38.2 Å². The van der Waals surface area contributed by atoms with Gasteiger partial charge in [0.2, 0.25) is 0 Å². The van der Waals surface area contributed by atoms with Crippen molar-refractivity contribution in [2.45, 2.75) is 6.42 Å². The van der Waals surface area contributed by atoms with Crippen molar-refractivity contribution in [1.82, 2.24) is 5.06 Å². The molecule has 1 amide bonds. The normalized spacial score (nSPS) is 9.00. The molecule has 0 saturated heterocycles. The van der Waals surface area contributed by atoms with Crippen molar-refractivity contribution < 1.29 is 19.2 Å². The number of nitrogens with zero attached hydrogens (tertiary/aromatic N) is 1. The molecule has 0 saturated carbocycles. The second kappa shape index (κ2) is 4.68. The molecule has 0 aromatic carbocycles. The summed E-state index contributed by atoms with van der Waals surface area (Å²) in [5.41, 5.74) is 0. The Hall–Kier alpha value is -1.10. The SMILES string of the molecule is COC(=O)CC(=O)N(C)OC. The fourth-order valence-electron chi connectivity index (χ4n) is 0.409. The molecular weight excluding hydrogens is 150 g/mol. The van der Waals surface area contributed by atoms with E-state index >= 15 is 0 Å². The van der Waals surface area contributed by atoms with E-state index in [1.54, 1.807) is 0 Å². The van der Waals surface area contributed by atoms with Crippen molar-refractivity contribution in [2.75, 3.05) is 21.3 Å². The summed E-state index contributed by atoms with van der Waals surface area (Å²) in [6, 6.07) is 0. The molecule has 0 radical (unpaired) electrons. The standard InChI is InChI=1S/C6H11NO4/c1-7(11-3)5(8)4-6(9)10-2/h4H2,1-3H3. The van der Waals surface area contributed by atoms with E-state index in [2.05, 4.69) is 9.57 Å². The lowest BCUT2D eigenvalue weighted by Gasteiger charge is -2.11. The maximum absolute atomic E-state index is 10.8. The van der Waals surface area contributed by atoms with Crippen LogP contribution in [0, 0.1) is 0 Å². The molecule has 11 heavy (non-hydrogen) atoms. The van der Waals surface area contributed by atoms with Gasteiger partial charge in [-0.15, -0.1) is 0 Å². The number of carbonyl (C=O) groups is 2. The predicted molar refractivity (Wildman–Crippen MR) is 36.4 cm³/mol. The van der Waals surface area contributed by atoms with Gasteiger partial charge in [0.25, 0.3) is 5.91 Å². The van der Waals surface area contributed by atoms with Crippen LogP contribution in [0.4, 0.5) is 0 Å². The first kappa shape index (κ1) is 9.90. The van der Waals surface area contributed by atoms with Crippen molar-refractivity contribution in [2.24, 2.45) is 0 Å². The number of esters is 1. The Morgan fingerprint density at radius 3 is 2.27 bits per heavy atom. The monoisotopic (exact) mass is 161 g/mol. The molecule has 0 aliphatic carbocycles. The highest BCUT2D eigenvalue weighted by molar-refractivity contribution is 5.93. The van der Waals surface area contributed by atoms with Gasteiger partial charge in [0.05, 0.1) is 14.2 Å². The summed E-state index contributed by atoms with van der Waals surface area (Å²) in [7, 11) is 3.99. The first-order chi connectivity index (χ1) is 5.11. The van der Waals surface area contributed by atoms with E-state index in [9.17, 15) is 9.59 Å². The minimum atomic E-state index is -0.570. The molecule has 0 unspecified atom stereocenters. The molecule has 5 nitrogen and oxygen atoms in total. The molecule has 0 aromatic heterocycles. The maximum Gasteiger partial charge on any atom is 0.315 e. The van der Waals surface area contributed by atoms with E-state index in [0.29, 0.717) is 0 Å². The summed E-state index contributed by atoms with van der Waals surface area (Å²) in [5, 5.41) is 0.969. The number of hydroxylamine groups is 2. The molecule has 0 aliphatic rings. The molecule has 0 N–H and O–H groups in total. The van der Waals surface area contributed by atoms with E-state index in [0.717, 1.165) is 5.06 Å². The molecule has 0 atom stereocenters. The highest BCUT2D eigenvalue weighted by Crippen LogP contribution is 1.91. The maximum atomic E-state index is 10.8. The van der Waals surface area contributed by atoms with E-state index in [1.807, 2.05) is 0 Å². The van der Waals surface area contributed by atoms with Crippen LogP contribution >= 0.6 is 0 Å². The minimum Gasteiger partial charge on any atom is -0.469 e. The quantitative estimate of drug-likeness (QED) is 0.320. The van der Waals surface area contributed by atoms with Crippen molar-refractivity contribution >= 4 is 11.9 Å². The number of ether oxygens (including phenoxy) is 1. The van der Waals surface area contributed by atoms with Gasteiger partial charge in [0, 0.05) is 7.05 Å². The molecule has 0 rings (SSSR count). The van der Waals surface area contributed by atoms with Gasteiger partial charge in [-0.1, -0.05) is 0 Å². The van der Waals surface area contributed by atoms with Crippen LogP contribution in [0.15, 0.2) is 0 Å². The van der Waals surface area contributed by atoms with Crippen LogP contribution in [0.25, 0.3) is 0 Å². The minimum absolute atomic E-state index is 0.291. The van der Waals surface area contributed by atoms with Crippen LogP contribution in [-0.2, 0) is 19.2 Å².